The van der Waals surface area contributed by atoms with Gasteiger partial charge in [0.05, 0.1) is 11.4 Å². The van der Waals surface area contributed by atoms with Gasteiger partial charge in [0, 0.05) is 24.2 Å². The van der Waals surface area contributed by atoms with Crippen molar-refractivity contribution in [2.24, 2.45) is 0 Å². The van der Waals surface area contributed by atoms with E-state index >= 15 is 0 Å². The number of ketones is 2. The van der Waals surface area contributed by atoms with E-state index in [1.54, 1.807) is 24.3 Å². The minimum absolute atomic E-state index is 0. The van der Waals surface area contributed by atoms with Crippen molar-refractivity contribution in [3.63, 3.8) is 0 Å². The van der Waals surface area contributed by atoms with Crippen molar-refractivity contribution in [1.82, 2.24) is 5.01 Å². The molecule has 3 aromatic rings. The van der Waals surface area contributed by atoms with Gasteiger partial charge in [-0.15, -0.1) is 12.4 Å². The molecular weight excluding hydrogens is 434 g/mol. The average Bonchev–Trinajstić information content (AvgIpc) is 3.19. The number of hydrazine groups is 1. The topological polar surface area (TPSA) is 52.7 Å². The molecule has 0 aromatic heterocycles. The molecule has 33 heavy (non-hydrogen) atoms. The molecule has 0 fully saturated rings. The third-order valence-electron chi connectivity index (χ3n) is 5.62. The van der Waals surface area contributed by atoms with Crippen molar-refractivity contribution in [3.05, 3.63) is 107 Å². The number of allylic oxidation sites excluding steroid dienone is 1. The van der Waals surface area contributed by atoms with Crippen LogP contribution in [-0.4, -0.2) is 29.7 Å². The molecule has 0 spiro atoms. The Hall–Kier alpha value is -3.41. The largest absolute Gasteiger partial charge is 0.338 e. The smallest absolute Gasteiger partial charge is 0.200 e. The van der Waals surface area contributed by atoms with E-state index in [1.807, 2.05) is 60.5 Å². The third kappa shape index (κ3) is 4.70. The highest BCUT2D eigenvalue weighted by atomic mass is 35.5. The van der Waals surface area contributed by atoms with Crippen LogP contribution in [0.15, 0.2) is 90.3 Å². The van der Waals surface area contributed by atoms with Crippen molar-refractivity contribution < 1.29 is 9.59 Å². The van der Waals surface area contributed by atoms with E-state index in [4.69, 9.17) is 0 Å². The van der Waals surface area contributed by atoms with Crippen LogP contribution in [0, 0.1) is 6.92 Å². The number of halogens is 1. The summed E-state index contributed by atoms with van der Waals surface area (Å²) < 4.78 is 0. The van der Waals surface area contributed by atoms with Crippen LogP contribution in [0.4, 0.5) is 11.4 Å². The van der Waals surface area contributed by atoms with Gasteiger partial charge < -0.3 is 5.32 Å². The predicted molar refractivity (Wildman–Crippen MR) is 136 cm³/mol. The summed E-state index contributed by atoms with van der Waals surface area (Å²) in [4.78, 5) is 27.5. The summed E-state index contributed by atoms with van der Waals surface area (Å²) >= 11 is 0. The predicted octanol–water partition coefficient (Wildman–Crippen LogP) is 5.88. The van der Waals surface area contributed by atoms with Crippen LogP contribution >= 0.6 is 12.4 Å². The lowest BCUT2D eigenvalue weighted by molar-refractivity contribution is 0.0959. The number of carbonyl (C=O) groups is 2. The number of hydrogen-bond acceptors (Lipinski definition) is 5. The Bertz CT molecular complexity index is 1120. The quantitative estimate of drug-likeness (QED) is 0.206. The van der Waals surface area contributed by atoms with Gasteiger partial charge in [-0.3, -0.25) is 14.6 Å². The number of aryl methyl sites for hydroxylation is 1. The zero-order valence-electron chi connectivity index (χ0n) is 19.0. The van der Waals surface area contributed by atoms with Gasteiger partial charge >= 0.3 is 0 Å². The van der Waals surface area contributed by atoms with Gasteiger partial charge in [-0.2, -0.15) is 0 Å². The van der Waals surface area contributed by atoms with Crippen molar-refractivity contribution in [2.45, 2.75) is 20.8 Å². The summed E-state index contributed by atoms with van der Waals surface area (Å²) in [6.07, 6.45) is 0. The molecule has 0 saturated heterocycles. The number of hydrogen-bond donors (Lipinski definition) is 1. The van der Waals surface area contributed by atoms with Crippen LogP contribution in [0.5, 0.6) is 0 Å². The van der Waals surface area contributed by atoms with E-state index in [1.165, 1.54) is 0 Å². The molecule has 0 saturated carbocycles. The first-order valence-corrected chi connectivity index (χ1v) is 10.9. The molecule has 1 aliphatic heterocycles. The normalized spacial score (nSPS) is 12.1. The number of Topliss-reactive ketones (excluding diaryl/α,β-unsaturated/α-hetero) is 2. The molecule has 0 radical (unpaired) electrons. The standard InChI is InChI=1S/C27H27N3O2.ClH/c1-4-29(5-2)30-23-18-19(3)16-17-22(23)28-27(30)24(25(31)20-12-8-6-9-13-20)26(32)21-14-10-7-11-15-21;/h6-18,28H,4-5H2,1-3H3;1H. The highest BCUT2D eigenvalue weighted by molar-refractivity contribution is 6.32. The number of carbonyl (C=O) groups excluding carboxylic acids is 2. The minimum atomic E-state index is -0.302. The Morgan fingerprint density at radius 3 is 1.82 bits per heavy atom. The lowest BCUT2D eigenvalue weighted by Crippen LogP contribution is -2.42. The molecule has 6 heteroatoms. The number of nitrogens with zero attached hydrogens (tertiary/aromatic N) is 2. The molecule has 1 N–H and O–H groups in total. The molecular formula is C27H28ClN3O2. The second kappa shape index (κ2) is 10.5. The minimum Gasteiger partial charge on any atom is -0.338 e. The van der Waals surface area contributed by atoms with Crippen molar-refractivity contribution in [2.75, 3.05) is 23.4 Å². The number of fused-ring (bicyclic) bond motifs is 1. The van der Waals surface area contributed by atoms with Gasteiger partial charge in [-0.25, -0.2) is 5.01 Å². The molecule has 0 aliphatic carbocycles. The van der Waals surface area contributed by atoms with E-state index in [0.29, 0.717) is 16.9 Å². The number of rotatable bonds is 7. The maximum absolute atomic E-state index is 13.7. The average molecular weight is 462 g/mol. The van der Waals surface area contributed by atoms with Crippen molar-refractivity contribution in [3.8, 4) is 0 Å². The summed E-state index contributed by atoms with van der Waals surface area (Å²) in [6, 6.07) is 24.0. The fourth-order valence-electron chi connectivity index (χ4n) is 3.98. The van der Waals surface area contributed by atoms with E-state index < -0.39 is 0 Å². The first kappa shape index (κ1) is 24.2. The van der Waals surface area contributed by atoms with Crippen LogP contribution in [0.1, 0.15) is 40.1 Å². The van der Waals surface area contributed by atoms with Gasteiger partial charge in [0.15, 0.2) is 0 Å². The van der Waals surface area contributed by atoms with Crippen LogP contribution in [-0.2, 0) is 0 Å². The molecule has 1 heterocycles. The maximum atomic E-state index is 13.7. The maximum Gasteiger partial charge on any atom is 0.200 e. The van der Waals surface area contributed by atoms with Crippen LogP contribution in [0.3, 0.4) is 0 Å². The number of nitrogens with one attached hydrogen (secondary N) is 1. The molecule has 1 aliphatic rings. The Kier molecular flexibility index (Phi) is 7.69. The van der Waals surface area contributed by atoms with E-state index in [2.05, 4.69) is 30.2 Å². The Balaban J connectivity index is 0.00000306. The molecule has 4 rings (SSSR count). The first-order chi connectivity index (χ1) is 15.5. The number of anilines is 2. The van der Waals surface area contributed by atoms with E-state index in [-0.39, 0.29) is 29.5 Å². The lowest BCUT2D eigenvalue weighted by atomic mass is 9.95. The molecule has 0 unspecified atom stereocenters. The molecule has 170 valence electrons. The Labute approximate surface area is 201 Å². The van der Waals surface area contributed by atoms with Gasteiger partial charge in [0.2, 0.25) is 11.6 Å². The van der Waals surface area contributed by atoms with E-state index in [9.17, 15) is 9.59 Å². The third-order valence-corrected chi connectivity index (χ3v) is 5.62. The molecule has 0 amide bonds. The fraction of sp³-hybridized carbons (Fsp3) is 0.185. The fourth-order valence-corrected chi connectivity index (χ4v) is 3.98. The lowest BCUT2D eigenvalue weighted by Gasteiger charge is -2.33. The molecule has 3 aromatic carbocycles. The number of benzene rings is 3. The summed E-state index contributed by atoms with van der Waals surface area (Å²) in [7, 11) is 0. The zero-order valence-corrected chi connectivity index (χ0v) is 19.9. The zero-order chi connectivity index (χ0) is 22.7. The molecule has 5 nitrogen and oxygen atoms in total. The Morgan fingerprint density at radius 1 is 0.818 bits per heavy atom. The highest BCUT2D eigenvalue weighted by Crippen LogP contribution is 2.40. The van der Waals surface area contributed by atoms with Crippen molar-refractivity contribution >= 4 is 35.3 Å². The highest BCUT2D eigenvalue weighted by Gasteiger charge is 2.35. The van der Waals surface area contributed by atoms with Crippen molar-refractivity contribution in [1.29, 1.82) is 0 Å². The Morgan fingerprint density at radius 2 is 1.33 bits per heavy atom. The van der Waals surface area contributed by atoms with E-state index in [0.717, 1.165) is 30.0 Å². The molecule has 0 bridgehead atoms. The second-order valence-electron chi connectivity index (χ2n) is 7.71. The summed E-state index contributed by atoms with van der Waals surface area (Å²) in [5.41, 5.74) is 4.00. The summed E-state index contributed by atoms with van der Waals surface area (Å²) in [5.74, 6) is -0.107. The van der Waals surface area contributed by atoms with Gasteiger partial charge in [-0.1, -0.05) is 80.6 Å². The monoisotopic (exact) mass is 461 g/mol. The SMILES string of the molecule is CCN(CC)N1C(=C(C(=O)c2ccccc2)C(=O)c2ccccc2)Nc2ccc(C)cc21.Cl. The summed E-state index contributed by atoms with van der Waals surface area (Å²) in [5, 5.41) is 7.49. The summed E-state index contributed by atoms with van der Waals surface area (Å²) in [6.45, 7) is 7.61. The molecule has 0 atom stereocenters. The second-order valence-corrected chi connectivity index (χ2v) is 7.71. The van der Waals surface area contributed by atoms with Gasteiger partial charge in [-0.05, 0) is 24.6 Å². The first-order valence-electron chi connectivity index (χ1n) is 10.9. The van der Waals surface area contributed by atoms with Crippen LogP contribution < -0.4 is 10.3 Å². The van der Waals surface area contributed by atoms with Crippen LogP contribution in [0.2, 0.25) is 0 Å². The van der Waals surface area contributed by atoms with Gasteiger partial charge in [0.25, 0.3) is 0 Å². The van der Waals surface area contributed by atoms with Gasteiger partial charge in [0.1, 0.15) is 11.4 Å². The van der Waals surface area contributed by atoms with Crippen LogP contribution in [0.25, 0.3) is 0 Å².